The number of carboxylic acids is 1. The molecule has 1 atom stereocenters. The Kier molecular flexibility index (Phi) is 3.32. The molecule has 4 nitrogen and oxygen atoms in total. The van der Waals surface area contributed by atoms with Gasteiger partial charge in [-0.1, -0.05) is 6.92 Å². The van der Waals surface area contributed by atoms with Gasteiger partial charge in [-0.2, -0.15) is 0 Å². The van der Waals surface area contributed by atoms with Crippen LogP contribution in [0.2, 0.25) is 0 Å². The van der Waals surface area contributed by atoms with E-state index < -0.39 is 17.7 Å². The average molecular weight is 144 g/mol. The van der Waals surface area contributed by atoms with Crippen LogP contribution in [0.25, 0.3) is 0 Å². The van der Waals surface area contributed by atoms with E-state index in [0.29, 0.717) is 0 Å². The van der Waals surface area contributed by atoms with Crippen molar-refractivity contribution in [1.82, 2.24) is 0 Å². The Morgan fingerprint density at radius 3 is 2.40 bits per heavy atom. The van der Waals surface area contributed by atoms with Crippen LogP contribution >= 0.6 is 0 Å². The van der Waals surface area contributed by atoms with E-state index in [1.807, 2.05) is 0 Å². The second kappa shape index (κ2) is 3.76. The molecule has 4 heteroatoms. The largest absolute Gasteiger partial charge is 0.481 e. The van der Waals surface area contributed by atoms with Crippen LogP contribution < -0.4 is 0 Å². The van der Waals surface area contributed by atoms with Crippen molar-refractivity contribution in [1.29, 1.82) is 0 Å². The number of Topliss-reactive ketones (excluding diaryl/α,β-unsaturated/α-hetero) is 1. The van der Waals surface area contributed by atoms with Gasteiger partial charge in [-0.15, -0.1) is 0 Å². The Balaban J connectivity index is 3.79. The van der Waals surface area contributed by atoms with Crippen LogP contribution in [-0.2, 0) is 14.4 Å². The number of aldehydes is 1. The van der Waals surface area contributed by atoms with Gasteiger partial charge in [0.05, 0.1) is 5.92 Å². The molecule has 0 heterocycles. The third-order valence-corrected chi connectivity index (χ3v) is 1.06. The molecule has 0 saturated heterocycles. The normalized spacial score (nSPS) is 12.1. The van der Waals surface area contributed by atoms with Gasteiger partial charge in [-0.05, 0) is 0 Å². The van der Waals surface area contributed by atoms with Crippen molar-refractivity contribution in [2.24, 2.45) is 5.92 Å². The van der Waals surface area contributed by atoms with Crippen molar-refractivity contribution >= 4 is 18.0 Å². The van der Waals surface area contributed by atoms with Crippen LogP contribution in [0.1, 0.15) is 13.3 Å². The van der Waals surface area contributed by atoms with E-state index in [9.17, 15) is 14.4 Å². The Labute approximate surface area is 57.8 Å². The molecule has 0 amide bonds. The molecule has 10 heavy (non-hydrogen) atoms. The summed E-state index contributed by atoms with van der Waals surface area (Å²) in [6.45, 7) is 1.38. The zero-order valence-electron chi connectivity index (χ0n) is 5.53. The highest BCUT2D eigenvalue weighted by molar-refractivity contribution is 6.25. The van der Waals surface area contributed by atoms with Gasteiger partial charge in [-0.3, -0.25) is 14.4 Å². The summed E-state index contributed by atoms with van der Waals surface area (Å²) in [5.74, 6) is -2.50. The van der Waals surface area contributed by atoms with E-state index in [4.69, 9.17) is 5.11 Å². The molecule has 56 valence electrons. The number of hydrogen-bond donors (Lipinski definition) is 1. The molecule has 0 bridgehead atoms. The van der Waals surface area contributed by atoms with Crippen LogP contribution in [0.3, 0.4) is 0 Å². The van der Waals surface area contributed by atoms with Gasteiger partial charge in [0.1, 0.15) is 0 Å². The molecule has 0 aliphatic heterocycles. The monoisotopic (exact) mass is 144 g/mol. The van der Waals surface area contributed by atoms with Crippen LogP contribution in [0.15, 0.2) is 0 Å². The summed E-state index contributed by atoms with van der Waals surface area (Å²) < 4.78 is 0. The fourth-order valence-corrected chi connectivity index (χ4v) is 0.437. The van der Waals surface area contributed by atoms with Gasteiger partial charge in [0, 0.05) is 6.42 Å². The van der Waals surface area contributed by atoms with Gasteiger partial charge in [-0.25, -0.2) is 0 Å². The lowest BCUT2D eigenvalue weighted by molar-refractivity contribution is -0.143. The van der Waals surface area contributed by atoms with Crippen molar-refractivity contribution in [2.75, 3.05) is 0 Å². The first-order valence-electron chi connectivity index (χ1n) is 2.78. The Morgan fingerprint density at radius 1 is 1.60 bits per heavy atom. The van der Waals surface area contributed by atoms with Crippen LogP contribution in [0, 0.1) is 5.92 Å². The molecule has 0 aromatic heterocycles. The molecular weight excluding hydrogens is 136 g/mol. The van der Waals surface area contributed by atoms with Gasteiger partial charge >= 0.3 is 5.97 Å². The van der Waals surface area contributed by atoms with E-state index in [2.05, 4.69) is 0 Å². The van der Waals surface area contributed by atoms with Crippen molar-refractivity contribution < 1.29 is 19.5 Å². The van der Waals surface area contributed by atoms with Crippen LogP contribution in [-0.4, -0.2) is 23.1 Å². The minimum absolute atomic E-state index is 0.138. The molecule has 0 aliphatic rings. The van der Waals surface area contributed by atoms with E-state index >= 15 is 0 Å². The molecule has 0 radical (unpaired) electrons. The molecule has 0 saturated carbocycles. The van der Waals surface area contributed by atoms with Crippen LogP contribution in [0.5, 0.6) is 0 Å². The number of ketones is 1. The summed E-state index contributed by atoms with van der Waals surface area (Å²) in [5, 5.41) is 8.26. The first-order valence-corrected chi connectivity index (χ1v) is 2.78. The molecule has 1 N–H and O–H groups in total. The van der Waals surface area contributed by atoms with Crippen molar-refractivity contribution in [2.45, 2.75) is 13.3 Å². The molecule has 0 rings (SSSR count). The summed E-state index contributed by atoms with van der Waals surface area (Å²) in [7, 11) is 0. The quantitative estimate of drug-likeness (QED) is 0.440. The number of hydrogen-bond acceptors (Lipinski definition) is 3. The number of rotatable bonds is 4. The first-order chi connectivity index (χ1) is 4.57. The molecule has 0 fully saturated rings. The second-order valence-electron chi connectivity index (χ2n) is 2.03. The summed E-state index contributed by atoms with van der Waals surface area (Å²) in [4.78, 5) is 30.1. The van der Waals surface area contributed by atoms with Crippen LogP contribution in [0.4, 0.5) is 0 Å². The highest BCUT2D eigenvalue weighted by atomic mass is 16.4. The van der Waals surface area contributed by atoms with Crippen molar-refractivity contribution in [3.05, 3.63) is 0 Å². The summed E-state index contributed by atoms with van der Waals surface area (Å²) in [5.41, 5.74) is 0. The third-order valence-electron chi connectivity index (χ3n) is 1.06. The highest BCUT2D eigenvalue weighted by Gasteiger charge is 2.14. The average Bonchev–Trinajstić information content (AvgIpc) is 1.87. The zero-order chi connectivity index (χ0) is 8.15. The number of carbonyl (C=O) groups excluding carboxylic acids is 2. The molecule has 0 aliphatic carbocycles. The first kappa shape index (κ1) is 8.81. The SMILES string of the molecule is CC(CC(=O)C=O)C(=O)O. The summed E-state index contributed by atoms with van der Waals surface area (Å²) in [6.07, 6.45) is -0.0712. The lowest BCUT2D eigenvalue weighted by Crippen LogP contribution is -2.14. The smallest absolute Gasteiger partial charge is 0.306 e. The number of aliphatic carboxylic acids is 1. The highest BCUT2D eigenvalue weighted by Crippen LogP contribution is 2.00. The zero-order valence-corrected chi connectivity index (χ0v) is 5.53. The topological polar surface area (TPSA) is 71.4 Å². The van der Waals surface area contributed by atoms with E-state index in [1.54, 1.807) is 0 Å². The fraction of sp³-hybridized carbons (Fsp3) is 0.500. The maximum absolute atomic E-state index is 10.3. The number of carboxylic acid groups (broad SMARTS) is 1. The second-order valence-corrected chi connectivity index (χ2v) is 2.03. The summed E-state index contributed by atoms with van der Waals surface area (Å²) >= 11 is 0. The van der Waals surface area contributed by atoms with Gasteiger partial charge in [0.2, 0.25) is 0 Å². The predicted molar refractivity (Wildman–Crippen MR) is 32.5 cm³/mol. The lowest BCUT2D eigenvalue weighted by atomic mass is 10.1. The minimum atomic E-state index is -1.06. The lowest BCUT2D eigenvalue weighted by Gasteiger charge is -1.99. The minimum Gasteiger partial charge on any atom is -0.481 e. The summed E-state index contributed by atoms with van der Waals surface area (Å²) in [6, 6.07) is 0. The molecule has 0 spiro atoms. The molecule has 0 aromatic rings. The predicted octanol–water partition coefficient (Wildman–Crippen LogP) is -0.135. The van der Waals surface area contributed by atoms with Crippen molar-refractivity contribution in [3.8, 4) is 0 Å². The fourth-order valence-electron chi connectivity index (χ4n) is 0.437. The molecule has 1 unspecified atom stereocenters. The Bertz CT molecular complexity index is 161. The van der Waals surface area contributed by atoms with Gasteiger partial charge < -0.3 is 5.11 Å². The van der Waals surface area contributed by atoms with Crippen molar-refractivity contribution in [3.63, 3.8) is 0 Å². The van der Waals surface area contributed by atoms with Gasteiger partial charge in [0.25, 0.3) is 0 Å². The molecular formula is C6H8O4. The van der Waals surface area contributed by atoms with E-state index in [0.717, 1.165) is 0 Å². The standard InChI is InChI=1S/C6H8O4/c1-4(6(9)10)2-5(8)3-7/h3-4H,2H2,1H3,(H,9,10). The third kappa shape index (κ3) is 2.96. The maximum Gasteiger partial charge on any atom is 0.306 e. The maximum atomic E-state index is 10.3. The van der Waals surface area contributed by atoms with E-state index in [1.165, 1.54) is 6.92 Å². The van der Waals surface area contributed by atoms with Gasteiger partial charge in [0.15, 0.2) is 12.1 Å². The molecule has 0 aromatic carbocycles. The Morgan fingerprint density at radius 2 is 2.10 bits per heavy atom. The number of carbonyl (C=O) groups is 3. The van der Waals surface area contributed by atoms with E-state index in [-0.39, 0.29) is 12.7 Å². The Hall–Kier alpha value is -1.19.